The maximum absolute atomic E-state index is 2.42. The molecule has 0 saturated carbocycles. The summed E-state index contributed by atoms with van der Waals surface area (Å²) >= 11 is 0. The number of hydrogen-bond donors (Lipinski definition) is 0. The van der Waals surface area contributed by atoms with Gasteiger partial charge in [0.2, 0.25) is 0 Å². The van der Waals surface area contributed by atoms with Gasteiger partial charge in [0.05, 0.1) is 0 Å². The molecule has 0 nitrogen and oxygen atoms in total. The standard InChI is InChI=1S/C36H20/c1-3-7-25-21(5-1)9-12-28-27(25)15-17-30-29(28)16-18-31-33-14-10-23-19-22-6-2-4-8-26(22)32-13-11-24(20-34(30)31)36(33)35(23)32/h1-20H. The van der Waals surface area contributed by atoms with Crippen LogP contribution in [0.2, 0.25) is 0 Å². The smallest absolute Gasteiger partial charge is 0.00201 e. The van der Waals surface area contributed by atoms with E-state index in [0.29, 0.717) is 0 Å². The van der Waals surface area contributed by atoms with Gasteiger partial charge in [-0.3, -0.25) is 0 Å². The number of fused-ring (bicyclic) bond motifs is 10. The first-order chi connectivity index (χ1) is 17.8. The SMILES string of the molecule is c1ccc2c(c1)ccc1c2ccc2c1ccc1c2cc2ccc3c4ccccc4cc4ccc1c2c43. The maximum Gasteiger partial charge on any atom is -0.00201 e. The second-order valence-electron chi connectivity index (χ2n) is 10.1. The summed E-state index contributed by atoms with van der Waals surface area (Å²) in [5, 5.41) is 21.3. The Kier molecular flexibility index (Phi) is 3.36. The normalized spacial score (nSPS) is 12.4. The van der Waals surface area contributed by atoms with Gasteiger partial charge in [-0.2, -0.15) is 0 Å². The van der Waals surface area contributed by atoms with Crippen LogP contribution in [-0.2, 0) is 0 Å². The van der Waals surface area contributed by atoms with E-state index in [9.17, 15) is 0 Å². The summed E-state index contributed by atoms with van der Waals surface area (Å²) in [4.78, 5) is 0. The van der Waals surface area contributed by atoms with Crippen molar-refractivity contribution in [1.82, 2.24) is 0 Å². The Morgan fingerprint density at radius 1 is 0.222 bits per heavy atom. The molecule has 0 fully saturated rings. The molecule has 0 heterocycles. The summed E-state index contributed by atoms with van der Waals surface area (Å²) in [5.74, 6) is 0. The average Bonchev–Trinajstić information content (AvgIpc) is 2.94. The zero-order valence-corrected chi connectivity index (χ0v) is 19.5. The third-order valence-corrected chi connectivity index (χ3v) is 8.34. The average molecular weight is 453 g/mol. The molecule has 0 atom stereocenters. The van der Waals surface area contributed by atoms with E-state index >= 15 is 0 Å². The van der Waals surface area contributed by atoms with Gasteiger partial charge in [0.25, 0.3) is 0 Å². The molecule has 164 valence electrons. The van der Waals surface area contributed by atoms with Crippen molar-refractivity contribution in [2.75, 3.05) is 0 Å². The minimum atomic E-state index is 1.29. The number of benzene rings is 9. The number of rotatable bonds is 0. The minimum Gasteiger partial charge on any atom is -0.0616 e. The quantitative estimate of drug-likeness (QED) is 0.159. The van der Waals surface area contributed by atoms with Crippen LogP contribution in [0.3, 0.4) is 0 Å². The van der Waals surface area contributed by atoms with Gasteiger partial charge in [-0.1, -0.05) is 109 Å². The molecule has 0 amide bonds. The Labute approximate surface area is 207 Å². The molecule has 0 aromatic heterocycles. The highest BCUT2D eigenvalue weighted by Gasteiger charge is 2.15. The van der Waals surface area contributed by atoms with Crippen molar-refractivity contribution >= 4 is 86.2 Å². The zero-order valence-electron chi connectivity index (χ0n) is 19.5. The van der Waals surface area contributed by atoms with Crippen molar-refractivity contribution in [2.24, 2.45) is 0 Å². The molecule has 0 aliphatic carbocycles. The van der Waals surface area contributed by atoms with Gasteiger partial charge in [0.1, 0.15) is 0 Å². The topological polar surface area (TPSA) is 0 Å². The molecule has 0 aliphatic rings. The van der Waals surface area contributed by atoms with Crippen LogP contribution in [0.25, 0.3) is 86.2 Å². The molecule has 0 aliphatic heterocycles. The van der Waals surface area contributed by atoms with Crippen molar-refractivity contribution in [3.8, 4) is 0 Å². The highest BCUT2D eigenvalue weighted by molar-refractivity contribution is 6.35. The van der Waals surface area contributed by atoms with E-state index in [1.807, 2.05) is 0 Å². The largest absolute Gasteiger partial charge is 0.0616 e. The molecule has 9 aromatic rings. The van der Waals surface area contributed by atoms with Gasteiger partial charge in [-0.05, 0) is 98.3 Å². The van der Waals surface area contributed by atoms with Crippen molar-refractivity contribution in [3.63, 3.8) is 0 Å². The lowest BCUT2D eigenvalue weighted by Gasteiger charge is -2.16. The fourth-order valence-corrected chi connectivity index (χ4v) is 6.75. The lowest BCUT2D eigenvalue weighted by Crippen LogP contribution is -1.88. The van der Waals surface area contributed by atoms with Gasteiger partial charge >= 0.3 is 0 Å². The van der Waals surface area contributed by atoms with E-state index in [1.165, 1.54) is 86.2 Å². The molecule has 36 heavy (non-hydrogen) atoms. The Bertz CT molecular complexity index is 2350. The minimum absolute atomic E-state index is 1.29. The summed E-state index contributed by atoms with van der Waals surface area (Å²) < 4.78 is 0. The van der Waals surface area contributed by atoms with E-state index in [-0.39, 0.29) is 0 Å². The summed E-state index contributed by atoms with van der Waals surface area (Å²) in [6.45, 7) is 0. The molecule has 9 aromatic carbocycles. The van der Waals surface area contributed by atoms with Crippen molar-refractivity contribution in [3.05, 3.63) is 121 Å². The first-order valence-electron chi connectivity index (χ1n) is 12.6. The highest BCUT2D eigenvalue weighted by atomic mass is 14.2. The van der Waals surface area contributed by atoms with Gasteiger partial charge in [-0.15, -0.1) is 0 Å². The van der Waals surface area contributed by atoms with Crippen LogP contribution in [0.4, 0.5) is 0 Å². The first-order valence-corrected chi connectivity index (χ1v) is 12.6. The summed E-state index contributed by atoms with van der Waals surface area (Å²) in [6, 6.07) is 45.4. The Morgan fingerprint density at radius 3 is 1.36 bits per heavy atom. The van der Waals surface area contributed by atoms with Crippen molar-refractivity contribution in [2.45, 2.75) is 0 Å². The second-order valence-corrected chi connectivity index (χ2v) is 10.1. The molecular formula is C36H20. The van der Waals surface area contributed by atoms with E-state index in [0.717, 1.165) is 0 Å². The molecule has 0 saturated heterocycles. The lowest BCUT2D eigenvalue weighted by atomic mass is 9.87. The molecule has 0 spiro atoms. The summed E-state index contributed by atoms with van der Waals surface area (Å²) in [7, 11) is 0. The third kappa shape index (κ3) is 2.25. The predicted octanol–water partition coefficient (Wildman–Crippen LogP) is 10.3. The Morgan fingerprint density at radius 2 is 0.639 bits per heavy atom. The van der Waals surface area contributed by atoms with Gasteiger partial charge in [-0.25, -0.2) is 0 Å². The van der Waals surface area contributed by atoms with Crippen LogP contribution >= 0.6 is 0 Å². The van der Waals surface area contributed by atoms with Crippen LogP contribution in [-0.4, -0.2) is 0 Å². The van der Waals surface area contributed by atoms with E-state index in [4.69, 9.17) is 0 Å². The number of hydrogen-bond acceptors (Lipinski definition) is 0. The molecule has 0 unspecified atom stereocenters. The van der Waals surface area contributed by atoms with Crippen LogP contribution in [0, 0.1) is 0 Å². The van der Waals surface area contributed by atoms with Crippen molar-refractivity contribution in [1.29, 1.82) is 0 Å². The third-order valence-electron chi connectivity index (χ3n) is 8.34. The lowest BCUT2D eigenvalue weighted by molar-refractivity contribution is 1.79. The maximum atomic E-state index is 2.42. The molecule has 0 radical (unpaired) electrons. The fourth-order valence-electron chi connectivity index (χ4n) is 6.75. The molecule has 9 rings (SSSR count). The summed E-state index contributed by atoms with van der Waals surface area (Å²) in [5.41, 5.74) is 0. The second kappa shape index (κ2) is 6.50. The Hall–Kier alpha value is -4.68. The van der Waals surface area contributed by atoms with Crippen LogP contribution in [0.1, 0.15) is 0 Å². The summed E-state index contributed by atoms with van der Waals surface area (Å²) in [6.07, 6.45) is 0. The van der Waals surface area contributed by atoms with E-state index in [1.54, 1.807) is 0 Å². The van der Waals surface area contributed by atoms with Gasteiger partial charge in [0, 0.05) is 0 Å². The first kappa shape index (κ1) is 18.6. The Balaban J connectivity index is 1.46. The van der Waals surface area contributed by atoms with Crippen LogP contribution in [0.15, 0.2) is 121 Å². The highest BCUT2D eigenvalue weighted by Crippen LogP contribution is 2.43. The molecule has 0 bridgehead atoms. The van der Waals surface area contributed by atoms with Gasteiger partial charge in [0.15, 0.2) is 0 Å². The zero-order chi connectivity index (χ0) is 23.4. The van der Waals surface area contributed by atoms with Crippen LogP contribution < -0.4 is 0 Å². The molecule has 0 N–H and O–H groups in total. The van der Waals surface area contributed by atoms with Gasteiger partial charge < -0.3 is 0 Å². The monoisotopic (exact) mass is 452 g/mol. The van der Waals surface area contributed by atoms with Crippen LogP contribution in [0.5, 0.6) is 0 Å². The van der Waals surface area contributed by atoms with E-state index < -0.39 is 0 Å². The predicted molar refractivity (Wildman–Crippen MR) is 158 cm³/mol. The fraction of sp³-hybridized carbons (Fsp3) is 0. The van der Waals surface area contributed by atoms with Crippen molar-refractivity contribution < 1.29 is 0 Å². The van der Waals surface area contributed by atoms with E-state index in [2.05, 4.69) is 121 Å². The molecule has 0 heteroatoms. The molecular weight excluding hydrogens is 432 g/mol.